The number of aromatic nitrogens is 3. The molecule has 0 aliphatic heterocycles. The van der Waals surface area contributed by atoms with Crippen molar-refractivity contribution in [3.63, 3.8) is 0 Å². The maximum atomic E-state index is 12.6. The first-order valence-electron chi connectivity index (χ1n) is 9.74. The van der Waals surface area contributed by atoms with Gasteiger partial charge in [0.15, 0.2) is 5.69 Å². The molecule has 32 heavy (non-hydrogen) atoms. The van der Waals surface area contributed by atoms with E-state index < -0.39 is 17.2 Å². The summed E-state index contributed by atoms with van der Waals surface area (Å²) in [4.78, 5) is 42.3. The van der Waals surface area contributed by atoms with Crippen LogP contribution in [0.15, 0.2) is 71.5 Å². The number of aryl methyl sites for hydroxylation is 2. The zero-order valence-electron chi connectivity index (χ0n) is 17.3. The normalized spacial score (nSPS) is 10.6. The fraction of sp³-hybridized carbons (Fsp3) is 0.0870. The number of rotatable bonds is 4. The number of nitrogens with zero attached hydrogens (tertiary/aromatic N) is 3. The van der Waals surface area contributed by atoms with E-state index in [1.54, 1.807) is 13.8 Å². The van der Waals surface area contributed by atoms with Crippen molar-refractivity contribution >= 4 is 23.2 Å². The molecular formula is C23H19N5O3S. The Bertz CT molecular complexity index is 1350. The summed E-state index contributed by atoms with van der Waals surface area (Å²) >= 11 is 1.22. The second-order valence-corrected chi connectivity index (χ2v) is 7.95. The molecule has 2 heterocycles. The lowest BCUT2D eigenvalue weighted by atomic mass is 10.2. The molecule has 0 aliphatic rings. The molecule has 8 nitrogen and oxygen atoms in total. The summed E-state index contributed by atoms with van der Waals surface area (Å²) in [7, 11) is 0. The molecule has 0 spiro atoms. The Kier molecular flexibility index (Phi) is 5.91. The molecule has 4 rings (SSSR count). The van der Waals surface area contributed by atoms with Crippen molar-refractivity contribution in [1.82, 2.24) is 25.6 Å². The summed E-state index contributed by atoms with van der Waals surface area (Å²) < 4.78 is 1.50. The van der Waals surface area contributed by atoms with Crippen molar-refractivity contribution in [2.75, 3.05) is 0 Å². The van der Waals surface area contributed by atoms with Gasteiger partial charge >= 0.3 is 0 Å². The molecule has 0 saturated heterocycles. The maximum Gasteiger partial charge on any atom is 0.294 e. The summed E-state index contributed by atoms with van der Waals surface area (Å²) in [6, 6.07) is 20.0. The smallest absolute Gasteiger partial charge is 0.287 e. The van der Waals surface area contributed by atoms with Gasteiger partial charge < -0.3 is 0 Å². The second kappa shape index (κ2) is 8.94. The minimum atomic E-state index is -0.807. The summed E-state index contributed by atoms with van der Waals surface area (Å²) in [5.41, 5.74) is 6.48. The number of hydrogen-bond donors (Lipinski definition) is 2. The van der Waals surface area contributed by atoms with Crippen LogP contribution in [-0.2, 0) is 0 Å². The average Bonchev–Trinajstić information content (AvgIpc) is 3.20. The van der Waals surface area contributed by atoms with E-state index in [1.807, 2.05) is 60.7 Å². The number of thiazole rings is 1. The third kappa shape index (κ3) is 4.33. The zero-order chi connectivity index (χ0) is 22.7. The van der Waals surface area contributed by atoms with Crippen molar-refractivity contribution in [3.05, 3.63) is 98.9 Å². The van der Waals surface area contributed by atoms with E-state index >= 15 is 0 Å². The van der Waals surface area contributed by atoms with E-state index in [-0.39, 0.29) is 5.69 Å². The van der Waals surface area contributed by atoms with Gasteiger partial charge in [-0.1, -0.05) is 48.5 Å². The molecule has 4 aromatic rings. The summed E-state index contributed by atoms with van der Waals surface area (Å²) in [6.45, 7) is 3.45. The monoisotopic (exact) mass is 445 g/mol. The van der Waals surface area contributed by atoms with Crippen LogP contribution in [0, 0.1) is 13.8 Å². The standard InChI is InChI=1S/C23H19N5O3S/c1-14-13-18(29)19(27-28(14)17-11-7-4-8-12-17)21(30)25-26-22(31)20-15(2)24-23(32-20)16-9-5-3-6-10-16/h3-13H,1-2H3,(H,25,30)(H,26,31). The minimum absolute atomic E-state index is 0.328. The topological polar surface area (TPSA) is 106 Å². The lowest BCUT2D eigenvalue weighted by Crippen LogP contribution is -2.44. The van der Waals surface area contributed by atoms with Gasteiger partial charge in [0.1, 0.15) is 9.88 Å². The number of para-hydroxylation sites is 1. The molecule has 0 atom stereocenters. The van der Waals surface area contributed by atoms with Gasteiger partial charge in [0.05, 0.1) is 11.4 Å². The van der Waals surface area contributed by atoms with Gasteiger partial charge in [-0.15, -0.1) is 11.3 Å². The third-order valence-corrected chi connectivity index (χ3v) is 5.84. The van der Waals surface area contributed by atoms with E-state index in [0.29, 0.717) is 27.0 Å². The molecule has 2 N–H and O–H groups in total. The number of carbonyl (C=O) groups excluding carboxylic acids is 2. The first kappa shape index (κ1) is 21.1. The van der Waals surface area contributed by atoms with Crippen LogP contribution in [-0.4, -0.2) is 26.6 Å². The van der Waals surface area contributed by atoms with Crippen molar-refractivity contribution < 1.29 is 9.59 Å². The largest absolute Gasteiger partial charge is 0.294 e. The van der Waals surface area contributed by atoms with Gasteiger partial charge in [-0.25, -0.2) is 9.67 Å². The van der Waals surface area contributed by atoms with Crippen LogP contribution in [0.1, 0.15) is 31.5 Å². The van der Waals surface area contributed by atoms with Crippen molar-refractivity contribution in [2.45, 2.75) is 13.8 Å². The van der Waals surface area contributed by atoms with Gasteiger partial charge in [0.25, 0.3) is 11.8 Å². The maximum absolute atomic E-state index is 12.6. The van der Waals surface area contributed by atoms with E-state index in [2.05, 4.69) is 20.9 Å². The molecule has 2 aromatic heterocycles. The van der Waals surface area contributed by atoms with E-state index in [1.165, 1.54) is 22.1 Å². The molecule has 0 radical (unpaired) electrons. The average molecular weight is 446 g/mol. The highest BCUT2D eigenvalue weighted by Crippen LogP contribution is 2.27. The van der Waals surface area contributed by atoms with Crippen LogP contribution < -0.4 is 16.3 Å². The number of hydrogen-bond acceptors (Lipinski definition) is 6. The lowest BCUT2D eigenvalue weighted by molar-refractivity contribution is 0.0844. The van der Waals surface area contributed by atoms with E-state index in [0.717, 1.165) is 5.56 Å². The molecule has 160 valence electrons. The SMILES string of the molecule is Cc1nc(-c2ccccc2)sc1C(=O)NNC(=O)c1nn(-c2ccccc2)c(C)cc1=O. The van der Waals surface area contributed by atoms with Gasteiger partial charge in [0, 0.05) is 17.3 Å². The molecule has 2 aromatic carbocycles. The quantitative estimate of drug-likeness (QED) is 0.470. The number of amides is 2. The first-order chi connectivity index (χ1) is 15.4. The highest BCUT2D eigenvalue weighted by molar-refractivity contribution is 7.17. The van der Waals surface area contributed by atoms with Crippen LogP contribution >= 0.6 is 11.3 Å². The van der Waals surface area contributed by atoms with Crippen molar-refractivity contribution in [3.8, 4) is 16.3 Å². The molecule has 0 fully saturated rings. The van der Waals surface area contributed by atoms with Crippen LogP contribution in [0.5, 0.6) is 0 Å². The Morgan fingerprint density at radius 1 is 0.906 bits per heavy atom. The highest BCUT2D eigenvalue weighted by atomic mass is 32.1. The number of nitrogens with one attached hydrogen (secondary N) is 2. The number of carbonyl (C=O) groups is 2. The summed E-state index contributed by atoms with van der Waals surface area (Å²) in [6.07, 6.45) is 0. The van der Waals surface area contributed by atoms with Crippen molar-refractivity contribution in [1.29, 1.82) is 0 Å². The molecule has 0 bridgehead atoms. The van der Waals surface area contributed by atoms with E-state index in [9.17, 15) is 14.4 Å². The molecule has 0 aliphatic carbocycles. The zero-order valence-corrected chi connectivity index (χ0v) is 18.1. The number of hydrazine groups is 1. The van der Waals surface area contributed by atoms with Gasteiger partial charge in [0.2, 0.25) is 5.43 Å². The highest BCUT2D eigenvalue weighted by Gasteiger charge is 2.19. The Morgan fingerprint density at radius 2 is 1.53 bits per heavy atom. The molecule has 0 unspecified atom stereocenters. The fourth-order valence-electron chi connectivity index (χ4n) is 3.08. The minimum Gasteiger partial charge on any atom is -0.287 e. The van der Waals surface area contributed by atoms with Crippen LogP contribution in [0.2, 0.25) is 0 Å². The Hall–Kier alpha value is -4.11. The third-order valence-electron chi connectivity index (χ3n) is 4.64. The fourth-order valence-corrected chi connectivity index (χ4v) is 4.04. The lowest BCUT2D eigenvalue weighted by Gasteiger charge is -2.11. The van der Waals surface area contributed by atoms with Gasteiger partial charge in [-0.2, -0.15) is 5.10 Å². The predicted octanol–water partition coefficient (Wildman–Crippen LogP) is 3.05. The molecule has 9 heteroatoms. The number of benzene rings is 2. The van der Waals surface area contributed by atoms with Crippen LogP contribution in [0.4, 0.5) is 0 Å². The Balaban J connectivity index is 1.52. The van der Waals surface area contributed by atoms with E-state index in [4.69, 9.17) is 0 Å². The molecule has 0 saturated carbocycles. The van der Waals surface area contributed by atoms with Gasteiger partial charge in [-0.05, 0) is 26.0 Å². The first-order valence-corrected chi connectivity index (χ1v) is 10.6. The predicted molar refractivity (Wildman–Crippen MR) is 122 cm³/mol. The van der Waals surface area contributed by atoms with Crippen molar-refractivity contribution in [2.24, 2.45) is 0 Å². The van der Waals surface area contributed by atoms with Crippen LogP contribution in [0.25, 0.3) is 16.3 Å². The summed E-state index contributed by atoms with van der Waals surface area (Å²) in [5, 5.41) is 4.88. The second-order valence-electron chi connectivity index (χ2n) is 6.95. The Morgan fingerprint density at radius 3 is 2.22 bits per heavy atom. The molecule has 2 amide bonds. The Labute approximate surface area is 187 Å². The van der Waals surface area contributed by atoms with Crippen LogP contribution in [0.3, 0.4) is 0 Å². The molecular weight excluding hydrogens is 426 g/mol. The van der Waals surface area contributed by atoms with Gasteiger partial charge in [-0.3, -0.25) is 25.2 Å². The summed E-state index contributed by atoms with van der Waals surface area (Å²) in [5.74, 6) is -1.33.